The van der Waals surface area contributed by atoms with E-state index in [1.54, 1.807) is 12.1 Å². The van der Waals surface area contributed by atoms with E-state index in [0.717, 1.165) is 0 Å². The molecule has 4 heteroatoms. The monoisotopic (exact) mass is 209 g/mol. The van der Waals surface area contributed by atoms with Gasteiger partial charge in [-0.1, -0.05) is 23.4 Å². The molecular weight excluding hydrogens is 202 g/mol. The molecule has 0 bridgehead atoms. The summed E-state index contributed by atoms with van der Waals surface area (Å²) < 4.78 is 0. The average molecular weight is 210 g/mol. The molecule has 0 fully saturated rings. The third-order valence-corrected chi connectivity index (χ3v) is 1.77. The number of rotatable bonds is 1. The number of carboxylic acid groups (broad SMARTS) is 1. The van der Waals surface area contributed by atoms with Gasteiger partial charge in [0.2, 0.25) is 0 Å². The van der Waals surface area contributed by atoms with Gasteiger partial charge in [-0.3, -0.25) is 0 Å². The fourth-order valence-electron chi connectivity index (χ4n) is 0.949. The molecule has 1 aromatic carbocycles. The maximum atomic E-state index is 10.8. The molecule has 0 amide bonds. The first-order valence-electron chi connectivity index (χ1n) is 3.87. The van der Waals surface area contributed by atoms with E-state index in [-0.39, 0.29) is 12.1 Å². The molecule has 3 N–H and O–H groups in total. The summed E-state index contributed by atoms with van der Waals surface area (Å²) >= 11 is 5.66. The number of halogens is 1. The standard InChI is InChI=1S/C10H8ClNO2/c11-8-4-3-7(2-1-5-12)9(6-8)10(13)14/h3-4,6H,5,12H2,(H,13,14). The Morgan fingerprint density at radius 1 is 1.57 bits per heavy atom. The summed E-state index contributed by atoms with van der Waals surface area (Å²) in [7, 11) is 0. The third-order valence-electron chi connectivity index (χ3n) is 1.54. The highest BCUT2D eigenvalue weighted by Gasteiger charge is 2.08. The lowest BCUT2D eigenvalue weighted by atomic mass is 10.1. The lowest BCUT2D eigenvalue weighted by molar-refractivity contribution is 0.0696. The second-order valence-corrected chi connectivity index (χ2v) is 2.94. The average Bonchev–Trinajstić information content (AvgIpc) is 2.15. The number of nitrogens with two attached hydrogens (primary N) is 1. The van der Waals surface area contributed by atoms with E-state index < -0.39 is 5.97 Å². The van der Waals surface area contributed by atoms with Crippen LogP contribution in [0.3, 0.4) is 0 Å². The van der Waals surface area contributed by atoms with E-state index in [1.165, 1.54) is 6.07 Å². The summed E-state index contributed by atoms with van der Waals surface area (Å²) in [6.45, 7) is 0.196. The number of hydrogen-bond acceptors (Lipinski definition) is 2. The smallest absolute Gasteiger partial charge is 0.337 e. The predicted molar refractivity (Wildman–Crippen MR) is 54.3 cm³/mol. The van der Waals surface area contributed by atoms with Crippen molar-refractivity contribution in [1.29, 1.82) is 0 Å². The molecule has 72 valence electrons. The van der Waals surface area contributed by atoms with Gasteiger partial charge in [0.15, 0.2) is 0 Å². The Kier molecular flexibility index (Phi) is 3.52. The quantitative estimate of drug-likeness (QED) is 0.687. The Morgan fingerprint density at radius 3 is 2.86 bits per heavy atom. The molecule has 14 heavy (non-hydrogen) atoms. The first kappa shape index (κ1) is 10.6. The molecule has 3 nitrogen and oxygen atoms in total. The summed E-state index contributed by atoms with van der Waals surface area (Å²) in [5.41, 5.74) is 5.70. The molecule has 0 spiro atoms. The Morgan fingerprint density at radius 2 is 2.29 bits per heavy atom. The first-order chi connectivity index (χ1) is 6.65. The number of carbonyl (C=O) groups is 1. The first-order valence-corrected chi connectivity index (χ1v) is 4.24. The molecule has 0 atom stereocenters. The van der Waals surface area contributed by atoms with E-state index >= 15 is 0 Å². The maximum absolute atomic E-state index is 10.8. The highest BCUT2D eigenvalue weighted by molar-refractivity contribution is 6.31. The van der Waals surface area contributed by atoms with E-state index in [2.05, 4.69) is 11.8 Å². The van der Waals surface area contributed by atoms with Crippen LogP contribution in [0.4, 0.5) is 0 Å². The van der Waals surface area contributed by atoms with Crippen LogP contribution in [0, 0.1) is 11.8 Å². The van der Waals surface area contributed by atoms with Crippen LogP contribution in [0.15, 0.2) is 18.2 Å². The van der Waals surface area contributed by atoms with Crippen LogP contribution in [-0.4, -0.2) is 17.6 Å². The van der Waals surface area contributed by atoms with Crippen molar-refractivity contribution in [2.75, 3.05) is 6.54 Å². The second kappa shape index (κ2) is 4.66. The van der Waals surface area contributed by atoms with Crippen molar-refractivity contribution in [2.24, 2.45) is 5.73 Å². The van der Waals surface area contributed by atoms with Gasteiger partial charge in [0.25, 0.3) is 0 Å². The van der Waals surface area contributed by atoms with Gasteiger partial charge in [0.05, 0.1) is 12.1 Å². The van der Waals surface area contributed by atoms with Crippen molar-refractivity contribution >= 4 is 17.6 Å². The molecule has 1 aromatic rings. The third kappa shape index (κ3) is 2.49. The lowest BCUT2D eigenvalue weighted by Gasteiger charge is -1.98. The highest BCUT2D eigenvalue weighted by atomic mass is 35.5. The van der Waals surface area contributed by atoms with Gasteiger partial charge in [-0.25, -0.2) is 4.79 Å². The minimum absolute atomic E-state index is 0.0958. The molecule has 0 unspecified atom stereocenters. The molecule has 1 rings (SSSR count). The number of hydrogen-bond donors (Lipinski definition) is 2. The molecule has 0 saturated heterocycles. The number of carboxylic acids is 1. The van der Waals surface area contributed by atoms with Crippen molar-refractivity contribution in [2.45, 2.75) is 0 Å². The summed E-state index contributed by atoms with van der Waals surface area (Å²) in [5, 5.41) is 9.21. The molecular formula is C10H8ClNO2. The number of benzene rings is 1. The molecule has 0 saturated carbocycles. The van der Waals surface area contributed by atoms with Crippen LogP contribution in [0.5, 0.6) is 0 Å². The van der Waals surface area contributed by atoms with Crippen molar-refractivity contribution in [1.82, 2.24) is 0 Å². The van der Waals surface area contributed by atoms with Gasteiger partial charge in [-0.05, 0) is 18.2 Å². The largest absolute Gasteiger partial charge is 0.478 e. The fraction of sp³-hybridized carbons (Fsp3) is 0.100. The van der Waals surface area contributed by atoms with Gasteiger partial charge in [0, 0.05) is 10.6 Å². The van der Waals surface area contributed by atoms with Crippen molar-refractivity contribution in [3.05, 3.63) is 34.3 Å². The van der Waals surface area contributed by atoms with Crippen molar-refractivity contribution in [3.63, 3.8) is 0 Å². The minimum Gasteiger partial charge on any atom is -0.478 e. The van der Waals surface area contributed by atoms with Crippen LogP contribution in [0.25, 0.3) is 0 Å². The highest BCUT2D eigenvalue weighted by Crippen LogP contribution is 2.15. The van der Waals surface area contributed by atoms with Crippen LogP contribution in [-0.2, 0) is 0 Å². The Balaban J connectivity index is 3.22. The van der Waals surface area contributed by atoms with E-state index in [1.807, 2.05) is 0 Å². The molecule has 0 aliphatic heterocycles. The normalized spacial score (nSPS) is 9.00. The molecule has 0 radical (unpaired) electrons. The van der Waals surface area contributed by atoms with Gasteiger partial charge < -0.3 is 10.8 Å². The summed E-state index contributed by atoms with van der Waals surface area (Å²) in [4.78, 5) is 10.8. The van der Waals surface area contributed by atoms with Crippen molar-refractivity contribution in [3.8, 4) is 11.8 Å². The molecule has 0 heterocycles. The zero-order valence-corrected chi connectivity index (χ0v) is 8.01. The SMILES string of the molecule is NCC#Cc1ccc(Cl)cc1C(=O)O. The lowest BCUT2D eigenvalue weighted by Crippen LogP contribution is -2.00. The summed E-state index contributed by atoms with van der Waals surface area (Å²) in [6, 6.07) is 4.52. The predicted octanol–water partition coefficient (Wildman–Crippen LogP) is 1.35. The van der Waals surface area contributed by atoms with E-state index in [0.29, 0.717) is 10.6 Å². The Labute approximate surface area is 86.5 Å². The molecule has 0 aliphatic rings. The van der Waals surface area contributed by atoms with E-state index in [4.69, 9.17) is 22.4 Å². The number of aromatic carboxylic acids is 1. The van der Waals surface area contributed by atoms with Gasteiger partial charge in [-0.2, -0.15) is 0 Å². The van der Waals surface area contributed by atoms with Crippen LogP contribution >= 0.6 is 11.6 Å². The second-order valence-electron chi connectivity index (χ2n) is 2.50. The molecule has 0 aromatic heterocycles. The van der Waals surface area contributed by atoms with Gasteiger partial charge in [0.1, 0.15) is 0 Å². The minimum atomic E-state index is -1.05. The Hall–Kier alpha value is -1.50. The maximum Gasteiger partial charge on any atom is 0.337 e. The van der Waals surface area contributed by atoms with Crippen LogP contribution in [0.2, 0.25) is 5.02 Å². The zero-order valence-electron chi connectivity index (χ0n) is 7.25. The Bertz CT molecular complexity index is 418. The molecule has 0 aliphatic carbocycles. The summed E-state index contributed by atoms with van der Waals surface area (Å²) in [6.07, 6.45) is 0. The van der Waals surface area contributed by atoms with Crippen LogP contribution < -0.4 is 5.73 Å². The fourth-order valence-corrected chi connectivity index (χ4v) is 1.12. The van der Waals surface area contributed by atoms with Gasteiger partial charge >= 0.3 is 5.97 Å². The van der Waals surface area contributed by atoms with Crippen LogP contribution in [0.1, 0.15) is 15.9 Å². The van der Waals surface area contributed by atoms with Gasteiger partial charge in [-0.15, -0.1) is 0 Å². The van der Waals surface area contributed by atoms with Crippen molar-refractivity contribution < 1.29 is 9.90 Å². The van der Waals surface area contributed by atoms with E-state index in [9.17, 15) is 4.79 Å². The topological polar surface area (TPSA) is 63.3 Å². The summed E-state index contributed by atoms with van der Waals surface area (Å²) in [5.74, 6) is 4.21. The zero-order chi connectivity index (χ0) is 10.6.